The molecule has 0 N–H and O–H groups in total. The van der Waals surface area contributed by atoms with Gasteiger partial charge < -0.3 is 9.32 Å². The zero-order valence-corrected chi connectivity index (χ0v) is 18.7. The van der Waals surface area contributed by atoms with Gasteiger partial charge in [0.05, 0.1) is 18.2 Å². The number of nitrogens with zero attached hydrogens (tertiary/aromatic N) is 2. The summed E-state index contributed by atoms with van der Waals surface area (Å²) in [6.07, 6.45) is 0.950. The number of hydrogen-bond donors (Lipinski definition) is 0. The van der Waals surface area contributed by atoms with Crippen molar-refractivity contribution in [2.45, 2.75) is 32.7 Å². The summed E-state index contributed by atoms with van der Waals surface area (Å²) in [6.45, 7) is 4.49. The SMILES string of the molecule is Cc1ccc([C@@H]2c3ccccc3CCN2C(=O)Cc2nc(-c3cccc(F)c3)oc2C)cc1. The molecule has 1 aliphatic heterocycles. The van der Waals surface area contributed by atoms with E-state index < -0.39 is 0 Å². The Balaban J connectivity index is 1.46. The van der Waals surface area contributed by atoms with Crippen LogP contribution < -0.4 is 0 Å². The van der Waals surface area contributed by atoms with Crippen molar-refractivity contribution < 1.29 is 13.6 Å². The molecule has 1 atom stereocenters. The molecule has 166 valence electrons. The highest BCUT2D eigenvalue weighted by molar-refractivity contribution is 5.80. The number of rotatable bonds is 4. The number of halogens is 1. The van der Waals surface area contributed by atoms with Gasteiger partial charge in [0.25, 0.3) is 0 Å². The molecule has 1 aliphatic rings. The smallest absolute Gasteiger partial charge is 0.229 e. The van der Waals surface area contributed by atoms with E-state index in [9.17, 15) is 9.18 Å². The minimum atomic E-state index is -0.353. The maximum atomic E-state index is 13.6. The summed E-state index contributed by atoms with van der Waals surface area (Å²) in [5, 5.41) is 0. The Morgan fingerprint density at radius 1 is 1.06 bits per heavy atom. The lowest BCUT2D eigenvalue weighted by atomic mass is 9.87. The molecule has 0 saturated carbocycles. The van der Waals surface area contributed by atoms with Crippen LogP contribution in [0.25, 0.3) is 11.5 Å². The third-order valence-corrected chi connectivity index (χ3v) is 6.28. The van der Waals surface area contributed by atoms with Gasteiger partial charge in [-0.25, -0.2) is 9.37 Å². The van der Waals surface area contributed by atoms with Crippen LogP contribution in [0.5, 0.6) is 0 Å². The van der Waals surface area contributed by atoms with Crippen molar-refractivity contribution in [2.24, 2.45) is 0 Å². The first-order chi connectivity index (χ1) is 16.0. The van der Waals surface area contributed by atoms with Crippen LogP contribution in [0, 0.1) is 19.7 Å². The van der Waals surface area contributed by atoms with Gasteiger partial charge in [-0.2, -0.15) is 0 Å². The fourth-order valence-corrected chi connectivity index (χ4v) is 4.53. The van der Waals surface area contributed by atoms with Gasteiger partial charge in [0.15, 0.2) is 0 Å². The number of carbonyl (C=O) groups is 1. The Hall–Kier alpha value is -3.73. The largest absolute Gasteiger partial charge is 0.441 e. The van der Waals surface area contributed by atoms with Crippen LogP contribution in [0.1, 0.15) is 39.7 Å². The molecule has 2 heterocycles. The molecule has 0 bridgehead atoms. The van der Waals surface area contributed by atoms with Gasteiger partial charge in [-0.3, -0.25) is 4.79 Å². The molecule has 3 aromatic carbocycles. The van der Waals surface area contributed by atoms with Gasteiger partial charge in [-0.15, -0.1) is 0 Å². The van der Waals surface area contributed by atoms with E-state index in [1.165, 1.54) is 28.8 Å². The fraction of sp³-hybridized carbons (Fsp3) is 0.214. The highest BCUT2D eigenvalue weighted by Crippen LogP contribution is 2.36. The van der Waals surface area contributed by atoms with Crippen LogP contribution >= 0.6 is 0 Å². The van der Waals surface area contributed by atoms with Gasteiger partial charge in [-0.05, 0) is 55.2 Å². The molecule has 0 fully saturated rings. The van der Waals surface area contributed by atoms with E-state index >= 15 is 0 Å². The Bertz CT molecular complexity index is 1310. The normalized spacial score (nSPS) is 15.4. The number of fused-ring (bicyclic) bond motifs is 1. The minimum absolute atomic E-state index is 0.00253. The number of hydrogen-bond acceptors (Lipinski definition) is 3. The third kappa shape index (κ3) is 4.19. The average Bonchev–Trinajstić information content (AvgIpc) is 3.19. The first-order valence-corrected chi connectivity index (χ1v) is 11.2. The lowest BCUT2D eigenvalue weighted by Crippen LogP contribution is -2.41. The average molecular weight is 441 g/mol. The van der Waals surface area contributed by atoms with E-state index in [4.69, 9.17) is 4.42 Å². The molecule has 5 rings (SSSR count). The van der Waals surface area contributed by atoms with E-state index in [2.05, 4.69) is 54.4 Å². The second kappa shape index (κ2) is 8.66. The first-order valence-electron chi connectivity index (χ1n) is 11.2. The number of benzene rings is 3. The van der Waals surface area contributed by atoms with E-state index in [1.807, 2.05) is 11.0 Å². The van der Waals surface area contributed by atoms with Crippen molar-refractivity contribution in [3.63, 3.8) is 0 Å². The summed E-state index contributed by atoms with van der Waals surface area (Å²) in [7, 11) is 0. The molecule has 1 amide bonds. The summed E-state index contributed by atoms with van der Waals surface area (Å²) in [6, 6.07) is 22.7. The summed E-state index contributed by atoms with van der Waals surface area (Å²) >= 11 is 0. The van der Waals surface area contributed by atoms with Gasteiger partial charge in [0.1, 0.15) is 11.6 Å². The maximum absolute atomic E-state index is 13.6. The van der Waals surface area contributed by atoms with Gasteiger partial charge in [0, 0.05) is 12.1 Å². The predicted octanol–water partition coefficient (Wildman–Crippen LogP) is 5.81. The lowest BCUT2D eigenvalue weighted by molar-refractivity contribution is -0.132. The van der Waals surface area contributed by atoms with E-state index in [-0.39, 0.29) is 24.2 Å². The second-order valence-corrected chi connectivity index (χ2v) is 8.56. The lowest BCUT2D eigenvalue weighted by Gasteiger charge is -2.38. The molecule has 0 radical (unpaired) electrons. The van der Waals surface area contributed by atoms with Gasteiger partial charge >= 0.3 is 0 Å². The first kappa shape index (κ1) is 21.1. The molecule has 33 heavy (non-hydrogen) atoms. The van der Waals surface area contributed by atoms with Crippen LogP contribution in [0.3, 0.4) is 0 Å². The van der Waals surface area contributed by atoms with Crippen molar-refractivity contribution in [3.8, 4) is 11.5 Å². The number of carbonyl (C=O) groups excluding carboxylic acids is 1. The quantitative estimate of drug-likeness (QED) is 0.402. The van der Waals surface area contributed by atoms with Gasteiger partial charge in [0.2, 0.25) is 11.8 Å². The summed E-state index contributed by atoms with van der Waals surface area (Å²) in [5.41, 5.74) is 5.86. The molecular formula is C28H25FN2O2. The molecule has 0 spiro atoms. The predicted molar refractivity (Wildman–Crippen MR) is 125 cm³/mol. The zero-order chi connectivity index (χ0) is 22.9. The van der Waals surface area contributed by atoms with E-state index in [1.54, 1.807) is 19.1 Å². The van der Waals surface area contributed by atoms with Crippen molar-refractivity contribution >= 4 is 5.91 Å². The number of oxazole rings is 1. The zero-order valence-electron chi connectivity index (χ0n) is 18.7. The monoisotopic (exact) mass is 440 g/mol. The fourth-order valence-electron chi connectivity index (χ4n) is 4.53. The minimum Gasteiger partial charge on any atom is -0.441 e. The van der Waals surface area contributed by atoms with Crippen molar-refractivity contribution in [1.29, 1.82) is 0 Å². The van der Waals surface area contributed by atoms with Crippen LogP contribution in [-0.2, 0) is 17.6 Å². The number of aryl methyl sites for hydroxylation is 2. The second-order valence-electron chi connectivity index (χ2n) is 8.56. The molecule has 1 aromatic heterocycles. The Morgan fingerprint density at radius 2 is 1.85 bits per heavy atom. The number of aromatic nitrogens is 1. The van der Waals surface area contributed by atoms with Crippen LogP contribution in [0.4, 0.5) is 4.39 Å². The summed E-state index contributed by atoms with van der Waals surface area (Å²) < 4.78 is 19.4. The topological polar surface area (TPSA) is 46.3 Å². The highest BCUT2D eigenvalue weighted by Gasteiger charge is 2.32. The molecule has 4 aromatic rings. The van der Waals surface area contributed by atoms with Crippen molar-refractivity contribution in [2.75, 3.05) is 6.54 Å². The van der Waals surface area contributed by atoms with E-state index in [0.29, 0.717) is 29.5 Å². The van der Waals surface area contributed by atoms with E-state index in [0.717, 1.165) is 12.0 Å². The molecular weight excluding hydrogens is 415 g/mol. The highest BCUT2D eigenvalue weighted by atomic mass is 19.1. The number of amides is 1. The van der Waals surface area contributed by atoms with Crippen LogP contribution in [0.2, 0.25) is 0 Å². The molecule has 4 nitrogen and oxygen atoms in total. The van der Waals surface area contributed by atoms with Crippen molar-refractivity contribution in [3.05, 3.63) is 112 Å². The Morgan fingerprint density at radius 3 is 2.64 bits per heavy atom. The molecule has 0 unspecified atom stereocenters. The summed E-state index contributed by atoms with van der Waals surface area (Å²) in [4.78, 5) is 20.0. The maximum Gasteiger partial charge on any atom is 0.229 e. The molecule has 0 aliphatic carbocycles. The third-order valence-electron chi connectivity index (χ3n) is 6.28. The Labute approximate surface area is 192 Å². The Kier molecular flexibility index (Phi) is 5.55. The summed E-state index contributed by atoms with van der Waals surface area (Å²) in [5.74, 6) is 0.548. The van der Waals surface area contributed by atoms with Crippen molar-refractivity contribution in [1.82, 2.24) is 9.88 Å². The van der Waals surface area contributed by atoms with Crippen LogP contribution in [-0.4, -0.2) is 22.3 Å². The standard InChI is InChI=1S/C28H25FN2O2/c1-18-10-12-21(13-11-18)27-24-9-4-3-6-20(24)14-15-31(27)26(32)17-25-19(2)33-28(30-25)22-7-5-8-23(29)16-22/h3-13,16,27H,14-15,17H2,1-2H3/t27-/m1/s1. The molecule has 5 heteroatoms. The van der Waals surface area contributed by atoms with Gasteiger partial charge in [-0.1, -0.05) is 60.2 Å². The van der Waals surface area contributed by atoms with Crippen LogP contribution in [0.15, 0.2) is 77.2 Å². The molecule has 0 saturated heterocycles.